The number of aliphatic imine (C=N–C) groups is 1. The number of hydrogen-bond donors (Lipinski definition) is 0. The number of carbonyl (C=O) groups is 1. The van der Waals surface area contributed by atoms with Gasteiger partial charge >= 0.3 is 0 Å². The van der Waals surface area contributed by atoms with Crippen LogP contribution in [0.15, 0.2) is 4.99 Å². The summed E-state index contributed by atoms with van der Waals surface area (Å²) in [5, 5.41) is 0. The predicted octanol–water partition coefficient (Wildman–Crippen LogP) is 4.77. The summed E-state index contributed by atoms with van der Waals surface area (Å²) >= 11 is 0. The molecule has 0 aromatic heterocycles. The van der Waals surface area contributed by atoms with E-state index in [1.807, 2.05) is 7.05 Å². The third-order valence-electron chi connectivity index (χ3n) is 8.56. The minimum absolute atomic E-state index is 0.326. The molecule has 128 valence electrons. The Labute approximate surface area is 141 Å². The third kappa shape index (κ3) is 2.35. The van der Waals surface area contributed by atoms with Crippen LogP contribution in [0.2, 0.25) is 0 Å². The van der Waals surface area contributed by atoms with E-state index in [1.54, 1.807) is 0 Å². The fraction of sp³-hybridized carbons (Fsp3) is 0.905. The molecule has 0 heterocycles. The number of ketones is 1. The van der Waals surface area contributed by atoms with Crippen molar-refractivity contribution in [1.29, 1.82) is 0 Å². The lowest BCUT2D eigenvalue weighted by Gasteiger charge is -2.55. The van der Waals surface area contributed by atoms with Crippen molar-refractivity contribution in [2.75, 3.05) is 7.05 Å². The highest BCUT2D eigenvalue weighted by Crippen LogP contribution is 2.63. The van der Waals surface area contributed by atoms with E-state index < -0.39 is 0 Å². The Bertz CT molecular complexity index is 512. The molecule has 0 aromatic rings. The Morgan fingerprint density at radius 1 is 1.09 bits per heavy atom. The monoisotopic (exact) mass is 315 g/mol. The molecule has 4 aliphatic rings. The Morgan fingerprint density at radius 3 is 2.70 bits per heavy atom. The molecular formula is C21H33NO. The molecule has 0 N–H and O–H groups in total. The first kappa shape index (κ1) is 15.8. The first-order valence-electron chi connectivity index (χ1n) is 9.99. The van der Waals surface area contributed by atoms with Gasteiger partial charge in [0.15, 0.2) is 0 Å². The van der Waals surface area contributed by atoms with E-state index >= 15 is 0 Å². The zero-order valence-corrected chi connectivity index (χ0v) is 15.1. The van der Waals surface area contributed by atoms with Gasteiger partial charge in [-0.2, -0.15) is 0 Å². The van der Waals surface area contributed by atoms with Crippen molar-refractivity contribution < 1.29 is 4.79 Å². The van der Waals surface area contributed by atoms with Crippen LogP contribution >= 0.6 is 0 Å². The van der Waals surface area contributed by atoms with Crippen LogP contribution in [-0.4, -0.2) is 19.0 Å². The Kier molecular flexibility index (Phi) is 3.93. The smallest absolute Gasteiger partial charge is 0.135 e. The Hall–Kier alpha value is -0.660. The van der Waals surface area contributed by atoms with Gasteiger partial charge in [-0.05, 0) is 85.9 Å². The molecule has 0 aliphatic heterocycles. The number of rotatable bonds is 1. The molecule has 0 saturated heterocycles. The van der Waals surface area contributed by atoms with Gasteiger partial charge in [0.1, 0.15) is 5.78 Å². The van der Waals surface area contributed by atoms with Crippen LogP contribution < -0.4 is 0 Å². The molecule has 23 heavy (non-hydrogen) atoms. The van der Waals surface area contributed by atoms with Gasteiger partial charge < -0.3 is 4.99 Å². The van der Waals surface area contributed by atoms with E-state index in [1.165, 1.54) is 44.9 Å². The van der Waals surface area contributed by atoms with Crippen LogP contribution in [0.4, 0.5) is 0 Å². The van der Waals surface area contributed by atoms with E-state index in [2.05, 4.69) is 25.1 Å². The van der Waals surface area contributed by atoms with Gasteiger partial charge in [-0.1, -0.05) is 13.8 Å². The highest BCUT2D eigenvalue weighted by atomic mass is 16.1. The molecule has 0 radical (unpaired) electrons. The van der Waals surface area contributed by atoms with Crippen LogP contribution in [0.3, 0.4) is 0 Å². The minimum Gasteiger partial charge on any atom is -0.301 e. The number of hydrogen-bond acceptors (Lipinski definition) is 2. The van der Waals surface area contributed by atoms with Crippen molar-refractivity contribution in [3.8, 4) is 0 Å². The van der Waals surface area contributed by atoms with Gasteiger partial charge in [0.2, 0.25) is 0 Å². The molecule has 0 amide bonds. The number of Topliss-reactive ketones (excluding diaryl/α,β-unsaturated/α-hetero) is 1. The van der Waals surface area contributed by atoms with Gasteiger partial charge in [-0.3, -0.25) is 4.79 Å². The average Bonchev–Trinajstić information content (AvgIpc) is 2.86. The van der Waals surface area contributed by atoms with Gasteiger partial charge in [0, 0.05) is 25.6 Å². The highest BCUT2D eigenvalue weighted by molar-refractivity contribution is 5.81. The number of nitrogens with zero attached hydrogens (tertiary/aromatic N) is 1. The van der Waals surface area contributed by atoms with Gasteiger partial charge in [0.25, 0.3) is 0 Å². The fourth-order valence-electron chi connectivity index (χ4n) is 7.32. The first-order chi connectivity index (χ1) is 11.0. The molecule has 4 fully saturated rings. The Morgan fingerprint density at radius 2 is 1.91 bits per heavy atom. The standard InChI is InChI=1S/C21H33NO/c1-13-10-18-14(11-20(13)23)4-6-17-16(18)8-9-21(2)15(12-22-3)5-7-19(17)21/h12-19H,4-11H2,1-3H3. The summed E-state index contributed by atoms with van der Waals surface area (Å²) in [6.45, 7) is 4.74. The van der Waals surface area contributed by atoms with Crippen molar-refractivity contribution >= 4 is 12.0 Å². The number of carbonyl (C=O) groups excluding carboxylic acids is 1. The molecular weight excluding hydrogens is 282 g/mol. The summed E-state index contributed by atoms with van der Waals surface area (Å²) in [5.41, 5.74) is 0.504. The minimum atomic E-state index is 0.326. The van der Waals surface area contributed by atoms with Crippen molar-refractivity contribution in [1.82, 2.24) is 0 Å². The molecule has 4 saturated carbocycles. The first-order valence-corrected chi connectivity index (χ1v) is 9.99. The summed E-state index contributed by atoms with van der Waals surface area (Å²) in [5.74, 6) is 5.92. The topological polar surface area (TPSA) is 29.4 Å². The lowest BCUT2D eigenvalue weighted by molar-refractivity contribution is -0.132. The van der Waals surface area contributed by atoms with E-state index in [9.17, 15) is 4.79 Å². The second-order valence-corrected chi connectivity index (χ2v) is 9.38. The molecule has 4 rings (SSSR count). The summed E-state index contributed by atoms with van der Waals surface area (Å²) in [4.78, 5) is 16.5. The predicted molar refractivity (Wildman–Crippen MR) is 94.6 cm³/mol. The molecule has 2 nitrogen and oxygen atoms in total. The SMILES string of the molecule is CN=CC1CCC2C3CCC4CC(=O)C(C)CC4C3CCC12C. The van der Waals surface area contributed by atoms with Crippen molar-refractivity contribution in [3.05, 3.63) is 0 Å². The van der Waals surface area contributed by atoms with Crippen molar-refractivity contribution in [2.24, 2.45) is 51.8 Å². The van der Waals surface area contributed by atoms with Crippen LogP contribution in [0.25, 0.3) is 0 Å². The van der Waals surface area contributed by atoms with Crippen LogP contribution in [0, 0.1) is 46.8 Å². The molecule has 0 aromatic carbocycles. The molecule has 0 spiro atoms. The van der Waals surface area contributed by atoms with Crippen molar-refractivity contribution in [2.45, 2.75) is 65.2 Å². The maximum Gasteiger partial charge on any atom is 0.135 e. The van der Waals surface area contributed by atoms with E-state index in [0.29, 0.717) is 23.0 Å². The van der Waals surface area contributed by atoms with Gasteiger partial charge in [0.05, 0.1) is 0 Å². The zero-order valence-electron chi connectivity index (χ0n) is 15.1. The molecule has 8 unspecified atom stereocenters. The van der Waals surface area contributed by atoms with E-state index in [-0.39, 0.29) is 0 Å². The molecule has 8 atom stereocenters. The van der Waals surface area contributed by atoms with Gasteiger partial charge in [-0.15, -0.1) is 0 Å². The second-order valence-electron chi connectivity index (χ2n) is 9.38. The molecule has 0 bridgehead atoms. The average molecular weight is 316 g/mol. The summed E-state index contributed by atoms with van der Waals surface area (Å²) in [6, 6.07) is 0. The summed E-state index contributed by atoms with van der Waals surface area (Å²) < 4.78 is 0. The quantitative estimate of drug-likeness (QED) is 0.641. The summed E-state index contributed by atoms with van der Waals surface area (Å²) in [7, 11) is 1.94. The van der Waals surface area contributed by atoms with Crippen LogP contribution in [-0.2, 0) is 4.79 Å². The maximum atomic E-state index is 12.1. The molecule has 4 aliphatic carbocycles. The normalized spacial score (nSPS) is 53.0. The largest absolute Gasteiger partial charge is 0.301 e. The van der Waals surface area contributed by atoms with E-state index in [4.69, 9.17) is 0 Å². The molecule has 2 heteroatoms. The summed E-state index contributed by atoms with van der Waals surface area (Å²) in [6.07, 6.45) is 12.6. The highest BCUT2D eigenvalue weighted by Gasteiger charge is 2.56. The lowest BCUT2D eigenvalue weighted by Crippen LogP contribution is -2.49. The van der Waals surface area contributed by atoms with Crippen molar-refractivity contribution in [3.63, 3.8) is 0 Å². The lowest BCUT2D eigenvalue weighted by atomic mass is 9.49. The third-order valence-corrected chi connectivity index (χ3v) is 8.56. The van der Waals surface area contributed by atoms with Crippen LogP contribution in [0.1, 0.15) is 65.2 Å². The zero-order chi connectivity index (χ0) is 16.2. The Balaban J connectivity index is 1.57. The van der Waals surface area contributed by atoms with Crippen LogP contribution in [0.5, 0.6) is 0 Å². The second kappa shape index (κ2) is 5.70. The fourth-order valence-corrected chi connectivity index (χ4v) is 7.32. The van der Waals surface area contributed by atoms with Gasteiger partial charge in [-0.25, -0.2) is 0 Å². The number of fused-ring (bicyclic) bond motifs is 5. The maximum absolute atomic E-state index is 12.1. The van der Waals surface area contributed by atoms with E-state index in [0.717, 1.165) is 36.0 Å².